The van der Waals surface area contributed by atoms with E-state index in [1.807, 2.05) is 45.0 Å². The summed E-state index contributed by atoms with van der Waals surface area (Å²) >= 11 is 0. The molecule has 0 spiro atoms. The van der Waals surface area contributed by atoms with Gasteiger partial charge in [0.05, 0.1) is 18.8 Å². The minimum Gasteiger partial charge on any atom is -0.497 e. The van der Waals surface area contributed by atoms with Crippen LogP contribution < -0.4 is 5.32 Å². The molecule has 0 aliphatic carbocycles. The monoisotopic (exact) mass is 367 g/mol. The van der Waals surface area contributed by atoms with Gasteiger partial charge in [-0.15, -0.1) is 0 Å². The summed E-state index contributed by atoms with van der Waals surface area (Å²) in [6.07, 6.45) is 10.5. The number of allylic oxidation sites excluding steroid dienone is 8. The van der Waals surface area contributed by atoms with Crippen LogP contribution in [0.4, 0.5) is 0 Å². The number of nitrogens with one attached hydrogen (secondary N) is 1. The normalized spacial score (nSPS) is 13.6. The van der Waals surface area contributed by atoms with Crippen molar-refractivity contribution in [2.75, 3.05) is 21.2 Å². The largest absolute Gasteiger partial charge is 0.497 e. The van der Waals surface area contributed by atoms with Gasteiger partial charge in [-0.25, -0.2) is 0 Å². The summed E-state index contributed by atoms with van der Waals surface area (Å²) in [5.74, 6) is 0.505. The fourth-order valence-corrected chi connectivity index (χ4v) is 2.07. The highest BCUT2D eigenvalue weighted by Gasteiger charge is 2.11. The number of ether oxygens (including phenoxy) is 1. The maximum atomic E-state index is 11.1. The number of methoxy groups -OCH3 is 1. The first-order valence-corrected chi connectivity index (χ1v) is 8.39. The van der Waals surface area contributed by atoms with E-state index in [1.165, 1.54) is 6.92 Å². The summed E-state index contributed by atoms with van der Waals surface area (Å²) in [4.78, 5) is 13.0. The lowest BCUT2D eigenvalue weighted by Gasteiger charge is -2.20. The third kappa shape index (κ3) is 8.59. The van der Waals surface area contributed by atoms with E-state index in [4.69, 9.17) is 4.74 Å². The van der Waals surface area contributed by atoms with Gasteiger partial charge in [-0.05, 0) is 43.7 Å². The van der Waals surface area contributed by atoms with Crippen molar-refractivity contribution in [3.8, 4) is 6.07 Å². The van der Waals surface area contributed by atoms with Crippen LogP contribution in [-0.2, 0) is 9.53 Å². The Kier molecular flexibility index (Phi) is 10.7. The second kappa shape index (κ2) is 12.2. The van der Waals surface area contributed by atoms with E-state index in [9.17, 15) is 10.1 Å². The van der Waals surface area contributed by atoms with E-state index < -0.39 is 0 Å². The molecule has 0 saturated heterocycles. The highest BCUT2D eigenvalue weighted by Crippen LogP contribution is 2.22. The number of likely N-dealkylation sites (N-methyl/N-ethyl adjacent to an activating group) is 1. The van der Waals surface area contributed by atoms with Crippen LogP contribution in [0, 0.1) is 11.3 Å². The molecular weight excluding hydrogens is 338 g/mol. The molecular formula is C22H29N3O2. The van der Waals surface area contributed by atoms with Gasteiger partial charge in [0.1, 0.15) is 5.76 Å². The van der Waals surface area contributed by atoms with Gasteiger partial charge < -0.3 is 15.0 Å². The highest BCUT2D eigenvalue weighted by molar-refractivity contribution is 5.75. The van der Waals surface area contributed by atoms with E-state index in [2.05, 4.69) is 24.5 Å². The Labute approximate surface area is 163 Å². The predicted molar refractivity (Wildman–Crippen MR) is 111 cm³/mol. The Bertz CT molecular complexity index is 770. The molecule has 0 radical (unpaired) electrons. The zero-order valence-electron chi connectivity index (χ0n) is 17.1. The number of amides is 1. The molecule has 0 aromatic heterocycles. The van der Waals surface area contributed by atoms with Crippen LogP contribution in [-0.4, -0.2) is 32.0 Å². The van der Waals surface area contributed by atoms with Gasteiger partial charge in [0.2, 0.25) is 5.91 Å². The van der Waals surface area contributed by atoms with Crippen LogP contribution in [0.15, 0.2) is 83.5 Å². The Hall–Kier alpha value is -3.26. The van der Waals surface area contributed by atoms with Crippen molar-refractivity contribution in [2.24, 2.45) is 0 Å². The lowest BCUT2D eigenvalue weighted by Crippen LogP contribution is -2.17. The van der Waals surface area contributed by atoms with Crippen LogP contribution >= 0.6 is 0 Å². The Morgan fingerprint density at radius 3 is 2.26 bits per heavy atom. The first-order valence-electron chi connectivity index (χ1n) is 8.39. The van der Waals surface area contributed by atoms with E-state index in [-0.39, 0.29) is 5.91 Å². The van der Waals surface area contributed by atoms with Crippen molar-refractivity contribution in [1.29, 1.82) is 5.26 Å². The molecule has 0 heterocycles. The van der Waals surface area contributed by atoms with E-state index in [0.29, 0.717) is 22.6 Å². The van der Waals surface area contributed by atoms with Gasteiger partial charge in [0.15, 0.2) is 0 Å². The Balaban J connectivity index is 5.84. The smallest absolute Gasteiger partial charge is 0.221 e. The Morgan fingerprint density at radius 2 is 1.85 bits per heavy atom. The fraction of sp³-hybridized carbons (Fsp3) is 0.273. The van der Waals surface area contributed by atoms with Crippen molar-refractivity contribution in [1.82, 2.24) is 10.2 Å². The number of rotatable bonds is 9. The Morgan fingerprint density at radius 1 is 1.22 bits per heavy atom. The van der Waals surface area contributed by atoms with E-state index in [1.54, 1.807) is 31.4 Å². The zero-order chi connectivity index (χ0) is 21.0. The molecule has 1 amide bonds. The fourth-order valence-electron chi connectivity index (χ4n) is 2.07. The van der Waals surface area contributed by atoms with Crippen LogP contribution in [0.1, 0.15) is 20.8 Å². The minimum atomic E-state index is -0.174. The maximum absolute atomic E-state index is 11.1. The SMILES string of the molecule is C=C\C(=C/C=C(C)/C=C(\C#N)C(=C)/C(=C\C(=C/C)OC)N(C)C)NC(C)=O. The van der Waals surface area contributed by atoms with E-state index in [0.717, 1.165) is 11.3 Å². The second-order valence-corrected chi connectivity index (χ2v) is 5.89. The summed E-state index contributed by atoms with van der Waals surface area (Å²) in [5, 5.41) is 12.2. The molecule has 0 aromatic carbocycles. The summed E-state index contributed by atoms with van der Waals surface area (Å²) in [7, 11) is 5.35. The predicted octanol–water partition coefficient (Wildman–Crippen LogP) is 4.14. The molecule has 0 saturated carbocycles. The molecule has 0 atom stereocenters. The number of nitrogens with zero attached hydrogens (tertiary/aromatic N) is 2. The van der Waals surface area contributed by atoms with Crippen molar-refractivity contribution < 1.29 is 9.53 Å². The lowest BCUT2D eigenvalue weighted by atomic mass is 10.0. The van der Waals surface area contributed by atoms with Crippen LogP contribution in [0.3, 0.4) is 0 Å². The van der Waals surface area contributed by atoms with E-state index >= 15 is 0 Å². The molecule has 0 unspecified atom stereocenters. The lowest BCUT2D eigenvalue weighted by molar-refractivity contribution is -0.118. The molecule has 0 bridgehead atoms. The summed E-state index contributed by atoms with van der Waals surface area (Å²) in [5.41, 5.74) is 3.20. The average molecular weight is 367 g/mol. The number of hydrogen-bond donors (Lipinski definition) is 1. The van der Waals surface area contributed by atoms with Crippen LogP contribution in [0.2, 0.25) is 0 Å². The molecule has 1 N–H and O–H groups in total. The van der Waals surface area contributed by atoms with Gasteiger partial charge in [0.25, 0.3) is 0 Å². The van der Waals surface area contributed by atoms with Gasteiger partial charge >= 0.3 is 0 Å². The highest BCUT2D eigenvalue weighted by atomic mass is 16.5. The van der Waals surface area contributed by atoms with Crippen molar-refractivity contribution in [2.45, 2.75) is 20.8 Å². The van der Waals surface area contributed by atoms with Gasteiger partial charge in [0, 0.05) is 44.1 Å². The average Bonchev–Trinajstić information content (AvgIpc) is 2.62. The number of hydrogen-bond acceptors (Lipinski definition) is 4. The quantitative estimate of drug-likeness (QED) is 0.378. The minimum absolute atomic E-state index is 0.174. The van der Waals surface area contributed by atoms with Gasteiger partial charge in [-0.1, -0.05) is 19.2 Å². The zero-order valence-corrected chi connectivity index (χ0v) is 17.1. The van der Waals surface area contributed by atoms with Gasteiger partial charge in [-0.3, -0.25) is 4.79 Å². The third-order valence-electron chi connectivity index (χ3n) is 3.47. The molecule has 0 aliphatic heterocycles. The maximum Gasteiger partial charge on any atom is 0.221 e. The molecule has 5 heteroatoms. The summed E-state index contributed by atoms with van der Waals surface area (Å²) < 4.78 is 5.29. The van der Waals surface area contributed by atoms with Crippen LogP contribution in [0.5, 0.6) is 0 Å². The molecule has 27 heavy (non-hydrogen) atoms. The van der Waals surface area contributed by atoms with Crippen molar-refractivity contribution in [3.63, 3.8) is 0 Å². The summed E-state index contributed by atoms with van der Waals surface area (Å²) in [6.45, 7) is 12.9. The number of carbonyl (C=O) groups is 1. The molecule has 0 rings (SSSR count). The molecule has 144 valence electrons. The second-order valence-electron chi connectivity index (χ2n) is 5.89. The van der Waals surface area contributed by atoms with Gasteiger partial charge in [-0.2, -0.15) is 5.26 Å². The molecule has 5 nitrogen and oxygen atoms in total. The van der Waals surface area contributed by atoms with Crippen molar-refractivity contribution in [3.05, 3.63) is 83.5 Å². The third-order valence-corrected chi connectivity index (χ3v) is 3.47. The molecule has 0 aliphatic rings. The number of nitriles is 1. The first kappa shape index (κ1) is 23.7. The van der Waals surface area contributed by atoms with Crippen molar-refractivity contribution >= 4 is 5.91 Å². The molecule has 0 aromatic rings. The molecule has 0 fully saturated rings. The van der Waals surface area contributed by atoms with Crippen LogP contribution in [0.25, 0.3) is 0 Å². The topological polar surface area (TPSA) is 65.4 Å². The standard InChI is InChI=1S/C22H29N3O2/c1-9-20(24-18(5)26)12-11-16(3)13-19(15-23)17(4)22(25(6)7)14-21(10-2)27-8/h9-14H,1,4H2,2-3,5-8H3,(H,24,26)/b16-11+,19-13+,20-12+,21-10+,22-14+. The first-order chi connectivity index (χ1) is 12.7. The number of carbonyl (C=O) groups excluding carboxylic acids is 1. The summed E-state index contributed by atoms with van der Waals surface area (Å²) in [6, 6.07) is 2.19.